The Hall–Kier alpha value is -1.97. The second-order valence-electron chi connectivity index (χ2n) is 3.78. The molecular weight excluding hydrogens is 227 g/mol. The fourth-order valence-electron chi connectivity index (χ4n) is 1.62. The smallest absolute Gasteiger partial charge is 0.146 e. The van der Waals surface area contributed by atoms with Crippen molar-refractivity contribution in [2.75, 3.05) is 5.73 Å². The topological polar surface area (TPSA) is 26.0 Å². The number of nitrogens with two attached hydrogens (primary N) is 1. The van der Waals surface area contributed by atoms with Crippen LogP contribution in [0, 0.1) is 24.4 Å². The van der Waals surface area contributed by atoms with Crippen LogP contribution in [-0.4, -0.2) is 0 Å². The summed E-state index contributed by atoms with van der Waals surface area (Å²) in [7, 11) is 0. The van der Waals surface area contributed by atoms with E-state index < -0.39 is 17.5 Å². The number of anilines is 1. The molecule has 2 aromatic carbocycles. The van der Waals surface area contributed by atoms with E-state index in [9.17, 15) is 13.2 Å². The molecule has 17 heavy (non-hydrogen) atoms. The third-order valence-electron chi connectivity index (χ3n) is 2.59. The molecular formula is C13H10F3N. The van der Waals surface area contributed by atoms with E-state index in [0.29, 0.717) is 0 Å². The molecule has 4 heteroatoms. The van der Waals surface area contributed by atoms with Gasteiger partial charge in [-0.05, 0) is 30.7 Å². The SMILES string of the molecule is Cc1cc(F)c(-c2cccc(F)c2N)cc1F. The Labute approximate surface area is 96.7 Å². The highest BCUT2D eigenvalue weighted by Gasteiger charge is 2.13. The lowest BCUT2D eigenvalue weighted by molar-refractivity contribution is 0.595. The van der Waals surface area contributed by atoms with Crippen LogP contribution in [0.3, 0.4) is 0 Å². The number of para-hydroxylation sites is 1. The Bertz CT molecular complexity index is 579. The van der Waals surface area contributed by atoms with Gasteiger partial charge >= 0.3 is 0 Å². The van der Waals surface area contributed by atoms with Crippen LogP contribution >= 0.6 is 0 Å². The van der Waals surface area contributed by atoms with E-state index in [2.05, 4.69) is 0 Å². The molecule has 0 amide bonds. The molecule has 88 valence electrons. The van der Waals surface area contributed by atoms with Crippen LogP contribution in [0.4, 0.5) is 18.9 Å². The summed E-state index contributed by atoms with van der Waals surface area (Å²) in [5.41, 5.74) is 5.63. The highest BCUT2D eigenvalue weighted by atomic mass is 19.1. The summed E-state index contributed by atoms with van der Waals surface area (Å²) in [6.45, 7) is 1.46. The lowest BCUT2D eigenvalue weighted by Crippen LogP contribution is -1.97. The molecule has 0 saturated heterocycles. The number of hydrogen-bond acceptors (Lipinski definition) is 1. The summed E-state index contributed by atoms with van der Waals surface area (Å²) in [4.78, 5) is 0. The number of hydrogen-bond donors (Lipinski definition) is 1. The average molecular weight is 237 g/mol. The Kier molecular flexibility index (Phi) is 2.79. The standard InChI is InChI=1S/C13H10F3N/c1-7-5-12(16)9(6-11(7)15)8-3-2-4-10(14)13(8)17/h2-6H,17H2,1H3. The fourth-order valence-corrected chi connectivity index (χ4v) is 1.62. The van der Waals surface area contributed by atoms with Gasteiger partial charge in [-0.2, -0.15) is 0 Å². The molecule has 0 spiro atoms. The zero-order valence-electron chi connectivity index (χ0n) is 9.10. The van der Waals surface area contributed by atoms with Crippen LogP contribution in [0.25, 0.3) is 11.1 Å². The van der Waals surface area contributed by atoms with Crippen molar-refractivity contribution in [1.29, 1.82) is 0 Å². The van der Waals surface area contributed by atoms with Crippen molar-refractivity contribution in [3.05, 3.63) is 53.3 Å². The van der Waals surface area contributed by atoms with Gasteiger partial charge in [-0.1, -0.05) is 12.1 Å². The molecule has 1 nitrogen and oxygen atoms in total. The van der Waals surface area contributed by atoms with Crippen LogP contribution in [0.15, 0.2) is 30.3 Å². The first-order valence-electron chi connectivity index (χ1n) is 5.00. The molecule has 0 saturated carbocycles. The lowest BCUT2D eigenvalue weighted by atomic mass is 10.0. The predicted octanol–water partition coefficient (Wildman–Crippen LogP) is 3.66. The maximum atomic E-state index is 13.7. The third-order valence-corrected chi connectivity index (χ3v) is 2.59. The number of rotatable bonds is 1. The molecule has 0 heterocycles. The molecule has 0 unspecified atom stereocenters. The largest absolute Gasteiger partial charge is 0.396 e. The summed E-state index contributed by atoms with van der Waals surface area (Å²) in [6.07, 6.45) is 0. The van der Waals surface area contributed by atoms with E-state index >= 15 is 0 Å². The minimum Gasteiger partial charge on any atom is -0.396 e. The van der Waals surface area contributed by atoms with Gasteiger partial charge in [0.15, 0.2) is 0 Å². The van der Waals surface area contributed by atoms with Crippen LogP contribution in [0.5, 0.6) is 0 Å². The van der Waals surface area contributed by atoms with Crippen LogP contribution < -0.4 is 5.73 Å². The Morgan fingerprint density at radius 2 is 1.59 bits per heavy atom. The summed E-state index contributed by atoms with van der Waals surface area (Å²) >= 11 is 0. The predicted molar refractivity (Wildman–Crippen MR) is 60.9 cm³/mol. The normalized spacial score (nSPS) is 10.6. The van der Waals surface area contributed by atoms with Gasteiger partial charge in [0.2, 0.25) is 0 Å². The van der Waals surface area contributed by atoms with Gasteiger partial charge in [0.1, 0.15) is 17.5 Å². The summed E-state index contributed by atoms with van der Waals surface area (Å²) < 4.78 is 40.3. The third kappa shape index (κ3) is 1.98. The molecule has 0 aromatic heterocycles. The minimum absolute atomic E-state index is 0.0369. The van der Waals surface area contributed by atoms with E-state index in [-0.39, 0.29) is 22.4 Å². The second kappa shape index (κ2) is 4.13. The molecule has 0 fully saturated rings. The molecule has 2 N–H and O–H groups in total. The quantitative estimate of drug-likeness (QED) is 0.752. The van der Waals surface area contributed by atoms with Gasteiger partial charge in [-0.15, -0.1) is 0 Å². The van der Waals surface area contributed by atoms with Crippen LogP contribution in [-0.2, 0) is 0 Å². The second-order valence-corrected chi connectivity index (χ2v) is 3.78. The summed E-state index contributed by atoms with van der Waals surface area (Å²) in [5.74, 6) is -1.82. The van der Waals surface area contributed by atoms with E-state index in [1.807, 2.05) is 0 Å². The number of aryl methyl sites for hydroxylation is 1. The van der Waals surface area contributed by atoms with E-state index in [0.717, 1.165) is 12.1 Å². The van der Waals surface area contributed by atoms with Crippen molar-refractivity contribution >= 4 is 5.69 Å². The maximum absolute atomic E-state index is 13.7. The highest BCUT2D eigenvalue weighted by Crippen LogP contribution is 2.31. The first kappa shape index (κ1) is 11.5. The molecule has 0 aliphatic rings. The van der Waals surface area contributed by atoms with Gasteiger partial charge in [0.05, 0.1) is 5.69 Å². The Morgan fingerprint density at radius 3 is 2.29 bits per heavy atom. The Balaban J connectivity index is 2.69. The number of nitrogen functional groups attached to an aromatic ring is 1. The Morgan fingerprint density at radius 1 is 0.882 bits per heavy atom. The summed E-state index contributed by atoms with van der Waals surface area (Å²) in [6, 6.07) is 6.11. The number of halogens is 3. The van der Waals surface area contributed by atoms with Gasteiger partial charge in [0.25, 0.3) is 0 Å². The van der Waals surface area contributed by atoms with Crippen molar-refractivity contribution in [3.63, 3.8) is 0 Å². The zero-order valence-corrected chi connectivity index (χ0v) is 9.10. The van der Waals surface area contributed by atoms with Gasteiger partial charge in [0, 0.05) is 11.1 Å². The molecule has 2 rings (SSSR count). The van der Waals surface area contributed by atoms with E-state index in [1.165, 1.54) is 25.1 Å². The van der Waals surface area contributed by atoms with E-state index in [4.69, 9.17) is 5.73 Å². The average Bonchev–Trinajstić information content (AvgIpc) is 2.28. The van der Waals surface area contributed by atoms with E-state index in [1.54, 1.807) is 0 Å². The van der Waals surface area contributed by atoms with Gasteiger partial charge in [-0.25, -0.2) is 13.2 Å². The molecule has 0 aliphatic heterocycles. The zero-order chi connectivity index (χ0) is 12.6. The molecule has 0 radical (unpaired) electrons. The van der Waals surface area contributed by atoms with Crippen molar-refractivity contribution in [1.82, 2.24) is 0 Å². The summed E-state index contributed by atoms with van der Waals surface area (Å²) in [5, 5.41) is 0. The number of benzene rings is 2. The van der Waals surface area contributed by atoms with Crippen molar-refractivity contribution in [2.45, 2.75) is 6.92 Å². The molecule has 0 aliphatic carbocycles. The van der Waals surface area contributed by atoms with Crippen molar-refractivity contribution in [3.8, 4) is 11.1 Å². The highest BCUT2D eigenvalue weighted by molar-refractivity contribution is 5.77. The molecule has 0 bridgehead atoms. The first-order valence-corrected chi connectivity index (χ1v) is 5.00. The van der Waals surface area contributed by atoms with Crippen molar-refractivity contribution < 1.29 is 13.2 Å². The van der Waals surface area contributed by atoms with Gasteiger partial charge in [-0.3, -0.25) is 0 Å². The van der Waals surface area contributed by atoms with Crippen LogP contribution in [0.1, 0.15) is 5.56 Å². The maximum Gasteiger partial charge on any atom is 0.146 e. The monoisotopic (exact) mass is 237 g/mol. The van der Waals surface area contributed by atoms with Crippen LogP contribution in [0.2, 0.25) is 0 Å². The first-order chi connectivity index (χ1) is 8.00. The van der Waals surface area contributed by atoms with Crippen molar-refractivity contribution in [2.24, 2.45) is 0 Å². The minimum atomic E-state index is -0.650. The lowest BCUT2D eigenvalue weighted by Gasteiger charge is -2.09. The molecule has 0 atom stereocenters. The molecule has 2 aromatic rings. The van der Waals surface area contributed by atoms with Gasteiger partial charge < -0.3 is 5.73 Å². The fraction of sp³-hybridized carbons (Fsp3) is 0.0769.